The molecule has 1 N–H and O–H groups in total. The summed E-state index contributed by atoms with van der Waals surface area (Å²) in [5.41, 5.74) is 7.07. The van der Waals surface area contributed by atoms with E-state index in [1.54, 1.807) is 0 Å². The summed E-state index contributed by atoms with van der Waals surface area (Å²) >= 11 is 0. The third kappa shape index (κ3) is 4.38. The minimum absolute atomic E-state index is 0.430. The quantitative estimate of drug-likeness (QED) is 0.226. The lowest BCUT2D eigenvalue weighted by Crippen LogP contribution is -2.36. The van der Waals surface area contributed by atoms with E-state index < -0.39 is 6.17 Å². The van der Waals surface area contributed by atoms with E-state index >= 15 is 0 Å². The Hall–Kier alpha value is -6.00. The van der Waals surface area contributed by atoms with Gasteiger partial charge in [0.1, 0.15) is 22.8 Å². The molecule has 2 heterocycles. The van der Waals surface area contributed by atoms with Gasteiger partial charge in [0.2, 0.25) is 0 Å². The van der Waals surface area contributed by atoms with Crippen LogP contribution in [0.4, 0.5) is 0 Å². The maximum atomic E-state index is 6.25. The average Bonchev–Trinajstić information content (AvgIpc) is 3.50. The number of aliphatic imine (C=N–C) groups is 2. The Morgan fingerprint density at radius 1 is 0.467 bits per heavy atom. The number of rotatable bonds is 4. The standard InChI is InChI=1S/C41H27N3O/c1-2-12-27(13-3-1)35-25-31(24-29-15-6-7-16-32(29)35)40-42-39(30-22-21-26-11-4-5-14-28(26)23-30)43-41(44-40)34-18-10-20-37-38(34)33-17-8-9-19-36(33)45-37/h1-25,39H,(H,42,43,44). The van der Waals surface area contributed by atoms with E-state index in [2.05, 4.69) is 133 Å². The Morgan fingerprint density at radius 3 is 2.07 bits per heavy atom. The zero-order chi connectivity index (χ0) is 29.7. The lowest BCUT2D eigenvalue weighted by Gasteiger charge is -2.23. The first-order valence-corrected chi connectivity index (χ1v) is 15.2. The van der Waals surface area contributed by atoms with Gasteiger partial charge in [-0.25, -0.2) is 9.98 Å². The van der Waals surface area contributed by atoms with Gasteiger partial charge in [-0.1, -0.05) is 121 Å². The summed E-state index contributed by atoms with van der Waals surface area (Å²) < 4.78 is 6.25. The largest absolute Gasteiger partial charge is 0.456 e. The van der Waals surface area contributed by atoms with Gasteiger partial charge in [0.05, 0.1) is 0 Å². The van der Waals surface area contributed by atoms with Crippen LogP contribution in [0.3, 0.4) is 0 Å². The molecule has 0 bridgehead atoms. The molecule has 0 fully saturated rings. The second kappa shape index (κ2) is 10.3. The molecule has 45 heavy (non-hydrogen) atoms. The van der Waals surface area contributed by atoms with Gasteiger partial charge in [-0.15, -0.1) is 0 Å². The molecule has 7 aromatic carbocycles. The number of nitrogens with zero attached hydrogens (tertiary/aromatic N) is 2. The summed E-state index contributed by atoms with van der Waals surface area (Å²) in [7, 11) is 0. The number of hydrogen-bond acceptors (Lipinski definition) is 4. The third-order valence-electron chi connectivity index (χ3n) is 8.69. The van der Waals surface area contributed by atoms with Crippen molar-refractivity contribution in [3.8, 4) is 11.1 Å². The molecule has 1 aromatic heterocycles. The summed E-state index contributed by atoms with van der Waals surface area (Å²) in [5.74, 6) is 1.55. The van der Waals surface area contributed by atoms with E-state index in [1.165, 1.54) is 27.3 Å². The number of nitrogens with one attached hydrogen (secondary N) is 1. The molecule has 4 nitrogen and oxygen atoms in total. The molecule has 0 radical (unpaired) electrons. The van der Waals surface area contributed by atoms with Crippen LogP contribution >= 0.6 is 0 Å². The molecule has 1 unspecified atom stereocenters. The second-order valence-electron chi connectivity index (χ2n) is 11.4. The smallest absolute Gasteiger partial charge is 0.169 e. The summed E-state index contributed by atoms with van der Waals surface area (Å²) in [6.45, 7) is 0. The molecule has 8 aromatic rings. The fraction of sp³-hybridized carbons (Fsp3) is 0.0244. The normalized spacial score (nSPS) is 14.9. The highest BCUT2D eigenvalue weighted by Crippen LogP contribution is 2.35. The van der Waals surface area contributed by atoms with Gasteiger partial charge in [-0.2, -0.15) is 0 Å². The highest BCUT2D eigenvalue weighted by Gasteiger charge is 2.24. The molecule has 0 aliphatic carbocycles. The fourth-order valence-electron chi connectivity index (χ4n) is 6.53. The van der Waals surface area contributed by atoms with E-state index in [0.717, 1.165) is 55.7 Å². The van der Waals surface area contributed by atoms with E-state index in [-0.39, 0.29) is 0 Å². The predicted octanol–water partition coefficient (Wildman–Crippen LogP) is 10.1. The Balaban J connectivity index is 1.26. The van der Waals surface area contributed by atoms with Crippen molar-refractivity contribution in [2.24, 2.45) is 9.98 Å². The number of amidine groups is 2. The fourth-order valence-corrected chi connectivity index (χ4v) is 6.53. The summed E-state index contributed by atoms with van der Waals surface area (Å²) in [6.07, 6.45) is -0.430. The van der Waals surface area contributed by atoms with Crippen molar-refractivity contribution in [1.29, 1.82) is 0 Å². The molecule has 1 aliphatic heterocycles. The minimum Gasteiger partial charge on any atom is -0.456 e. The number of fused-ring (bicyclic) bond motifs is 5. The monoisotopic (exact) mass is 577 g/mol. The zero-order valence-electron chi connectivity index (χ0n) is 24.3. The number of hydrogen-bond donors (Lipinski definition) is 1. The van der Waals surface area contributed by atoms with Crippen LogP contribution < -0.4 is 5.32 Å². The van der Waals surface area contributed by atoms with Gasteiger partial charge < -0.3 is 9.73 Å². The lowest BCUT2D eigenvalue weighted by atomic mass is 9.95. The van der Waals surface area contributed by atoms with Crippen LogP contribution in [0.1, 0.15) is 22.9 Å². The summed E-state index contributed by atoms with van der Waals surface area (Å²) in [5, 5.41) is 10.5. The Labute approximate surface area is 260 Å². The first kappa shape index (κ1) is 25.5. The molecule has 212 valence electrons. The maximum absolute atomic E-state index is 6.25. The highest BCUT2D eigenvalue weighted by molar-refractivity contribution is 6.24. The average molecular weight is 578 g/mol. The molecule has 0 saturated carbocycles. The van der Waals surface area contributed by atoms with Crippen molar-refractivity contribution in [1.82, 2.24) is 5.32 Å². The third-order valence-corrected chi connectivity index (χ3v) is 8.69. The van der Waals surface area contributed by atoms with Crippen molar-refractivity contribution in [3.05, 3.63) is 168 Å². The van der Waals surface area contributed by atoms with Crippen molar-refractivity contribution in [2.75, 3.05) is 0 Å². The van der Waals surface area contributed by atoms with Gasteiger partial charge in [0, 0.05) is 21.9 Å². The number of para-hydroxylation sites is 1. The predicted molar refractivity (Wildman–Crippen MR) is 186 cm³/mol. The van der Waals surface area contributed by atoms with Crippen LogP contribution in [-0.4, -0.2) is 11.7 Å². The van der Waals surface area contributed by atoms with Crippen molar-refractivity contribution in [2.45, 2.75) is 6.17 Å². The molecular weight excluding hydrogens is 550 g/mol. The van der Waals surface area contributed by atoms with Crippen LogP contribution in [0.2, 0.25) is 0 Å². The Kier molecular flexibility index (Phi) is 5.85. The lowest BCUT2D eigenvalue weighted by molar-refractivity contribution is 0.669. The summed E-state index contributed by atoms with van der Waals surface area (Å²) in [6, 6.07) is 52.8. The van der Waals surface area contributed by atoms with Crippen LogP contribution in [0.5, 0.6) is 0 Å². The van der Waals surface area contributed by atoms with Gasteiger partial charge in [-0.3, -0.25) is 0 Å². The first-order chi connectivity index (χ1) is 22.3. The highest BCUT2D eigenvalue weighted by atomic mass is 16.3. The van der Waals surface area contributed by atoms with Gasteiger partial charge in [-0.05, 0) is 68.6 Å². The van der Waals surface area contributed by atoms with E-state index in [0.29, 0.717) is 0 Å². The SMILES string of the molecule is c1ccc(-c2cc(C3=NC(c4ccc5ccccc5c4)N=C(c4cccc5oc6ccccc6c45)N3)cc3ccccc23)cc1. The second-order valence-corrected chi connectivity index (χ2v) is 11.4. The number of benzene rings is 7. The zero-order valence-corrected chi connectivity index (χ0v) is 24.3. The van der Waals surface area contributed by atoms with Gasteiger partial charge in [0.15, 0.2) is 6.17 Å². The van der Waals surface area contributed by atoms with Crippen LogP contribution in [-0.2, 0) is 0 Å². The van der Waals surface area contributed by atoms with Crippen molar-refractivity contribution < 1.29 is 4.42 Å². The molecule has 1 atom stereocenters. The molecule has 0 spiro atoms. The molecule has 1 aliphatic rings. The van der Waals surface area contributed by atoms with Crippen molar-refractivity contribution >= 4 is 55.2 Å². The minimum atomic E-state index is -0.430. The molecule has 4 heteroatoms. The topological polar surface area (TPSA) is 49.9 Å². The van der Waals surface area contributed by atoms with E-state index in [4.69, 9.17) is 14.4 Å². The van der Waals surface area contributed by atoms with Gasteiger partial charge >= 0.3 is 0 Å². The first-order valence-electron chi connectivity index (χ1n) is 15.2. The Morgan fingerprint density at radius 2 is 1.18 bits per heavy atom. The van der Waals surface area contributed by atoms with E-state index in [9.17, 15) is 0 Å². The van der Waals surface area contributed by atoms with Gasteiger partial charge in [0.25, 0.3) is 0 Å². The molecule has 9 rings (SSSR count). The van der Waals surface area contributed by atoms with E-state index in [1.807, 2.05) is 24.3 Å². The Bertz CT molecular complexity index is 2470. The molecule has 0 amide bonds. The maximum Gasteiger partial charge on any atom is 0.169 e. The molecule has 0 saturated heterocycles. The summed E-state index contributed by atoms with van der Waals surface area (Å²) in [4.78, 5) is 10.5. The molecular formula is C41H27N3O. The van der Waals surface area contributed by atoms with Crippen LogP contribution in [0.25, 0.3) is 54.6 Å². The van der Waals surface area contributed by atoms with Crippen LogP contribution in [0.15, 0.2) is 166 Å². The van der Waals surface area contributed by atoms with Crippen LogP contribution in [0, 0.1) is 0 Å². The number of furan rings is 1. The van der Waals surface area contributed by atoms with Crippen molar-refractivity contribution in [3.63, 3.8) is 0 Å².